The van der Waals surface area contributed by atoms with Crippen LogP contribution < -0.4 is 5.48 Å². The summed E-state index contributed by atoms with van der Waals surface area (Å²) < 4.78 is 5.48. The molecule has 0 aromatic rings. The average molecular weight is 388 g/mol. The maximum Gasteiger partial charge on any atom is 0.410 e. The number of hydrogen-bond acceptors (Lipinski definition) is 6. The van der Waals surface area contributed by atoms with E-state index >= 15 is 0 Å². The number of nitrogens with one attached hydrogen (secondary N) is 1. The minimum atomic E-state index is -0.566. The fraction of sp³-hybridized carbons (Fsp3) is 0.895. The number of hydrogen-bond donors (Lipinski definition) is 1. The van der Waals surface area contributed by atoms with E-state index in [1.807, 2.05) is 20.8 Å². The summed E-state index contributed by atoms with van der Waals surface area (Å²) in [5.41, 5.74) is 2.03. The van der Waals surface area contributed by atoms with E-state index in [0.29, 0.717) is 19.7 Å². The zero-order valence-electron chi connectivity index (χ0n) is 18.1. The minimum Gasteiger partial charge on any atom is -0.444 e. The second kappa shape index (κ2) is 9.71. The Morgan fingerprint density at radius 1 is 1.22 bits per heavy atom. The van der Waals surface area contributed by atoms with Gasteiger partial charge in [0.2, 0.25) is 0 Å². The Hall–Kier alpha value is -1.38. The maximum absolute atomic E-state index is 12.9. The molecule has 1 rings (SSSR count). The van der Waals surface area contributed by atoms with Crippen LogP contribution in [0.2, 0.25) is 0 Å². The molecule has 0 aromatic heterocycles. The number of carbonyl (C=O) groups is 2. The third-order valence-electron chi connectivity index (χ3n) is 4.73. The first-order valence-electron chi connectivity index (χ1n) is 9.48. The molecule has 0 bridgehead atoms. The zero-order chi connectivity index (χ0) is 20.8. The van der Waals surface area contributed by atoms with Crippen LogP contribution in [0.3, 0.4) is 0 Å². The molecule has 0 aromatic carbocycles. The van der Waals surface area contributed by atoms with Gasteiger partial charge in [-0.15, -0.1) is 0 Å². The Kier molecular flexibility index (Phi) is 8.50. The molecule has 1 saturated heterocycles. The summed E-state index contributed by atoms with van der Waals surface area (Å²) in [7, 11) is 4.79. The van der Waals surface area contributed by atoms with Gasteiger partial charge in [0, 0.05) is 27.2 Å². The molecule has 158 valence electrons. The van der Waals surface area contributed by atoms with Crippen molar-refractivity contribution in [2.75, 3.05) is 40.9 Å². The summed E-state index contributed by atoms with van der Waals surface area (Å²) in [6.07, 6.45) is 1.16. The molecule has 0 aliphatic carbocycles. The fourth-order valence-corrected chi connectivity index (χ4v) is 3.38. The van der Waals surface area contributed by atoms with Crippen LogP contribution in [0.4, 0.5) is 4.79 Å². The molecule has 1 heterocycles. The van der Waals surface area contributed by atoms with E-state index in [0.717, 1.165) is 12.8 Å². The van der Waals surface area contributed by atoms with E-state index in [1.54, 1.807) is 19.0 Å². The topological polar surface area (TPSA) is 80.3 Å². The molecule has 2 unspecified atom stereocenters. The average Bonchev–Trinajstić information content (AvgIpc) is 2.57. The van der Waals surface area contributed by atoms with Crippen LogP contribution in [0.1, 0.15) is 47.5 Å². The molecule has 8 nitrogen and oxygen atoms in total. The van der Waals surface area contributed by atoms with E-state index in [-0.39, 0.29) is 29.3 Å². The van der Waals surface area contributed by atoms with E-state index in [9.17, 15) is 9.59 Å². The highest BCUT2D eigenvalue weighted by Gasteiger charge is 2.41. The summed E-state index contributed by atoms with van der Waals surface area (Å²) >= 11 is 0. The molecule has 1 fully saturated rings. The van der Waals surface area contributed by atoms with Crippen molar-refractivity contribution in [3.8, 4) is 0 Å². The van der Waals surface area contributed by atoms with Crippen molar-refractivity contribution in [1.82, 2.24) is 15.4 Å². The number of hydroxylamine groups is 3. The summed E-state index contributed by atoms with van der Waals surface area (Å²) in [5.74, 6) is -0.338. The number of likely N-dealkylation sites (tertiary alicyclic amines) is 1. The van der Waals surface area contributed by atoms with Gasteiger partial charge in [0.25, 0.3) is 5.91 Å². The van der Waals surface area contributed by atoms with Crippen LogP contribution in [-0.4, -0.2) is 68.5 Å². The number of rotatable bonds is 7. The normalized spacial score (nSPS) is 21.1. The van der Waals surface area contributed by atoms with Crippen molar-refractivity contribution in [1.29, 1.82) is 0 Å². The largest absolute Gasteiger partial charge is 0.444 e. The Bertz CT molecular complexity index is 504. The number of piperidine rings is 1. The Labute approximate surface area is 163 Å². The molecular weight excluding hydrogens is 350 g/mol. The maximum atomic E-state index is 12.9. The third kappa shape index (κ3) is 7.63. The predicted molar refractivity (Wildman–Crippen MR) is 103 cm³/mol. The molecular formula is C19H37N3O5. The van der Waals surface area contributed by atoms with Crippen molar-refractivity contribution < 1.29 is 24.0 Å². The summed E-state index contributed by atoms with van der Waals surface area (Å²) in [6, 6.07) is 0. The molecule has 2 atom stereocenters. The van der Waals surface area contributed by atoms with Crippen LogP contribution >= 0.6 is 0 Å². The lowest BCUT2D eigenvalue weighted by atomic mass is 9.74. The van der Waals surface area contributed by atoms with Crippen molar-refractivity contribution in [3.63, 3.8) is 0 Å². The first kappa shape index (κ1) is 23.7. The summed E-state index contributed by atoms with van der Waals surface area (Å²) in [4.78, 5) is 37.4. The van der Waals surface area contributed by atoms with Crippen LogP contribution in [0, 0.1) is 17.3 Å². The van der Waals surface area contributed by atoms with Crippen molar-refractivity contribution in [3.05, 3.63) is 0 Å². The molecule has 8 heteroatoms. The number of nitrogens with zero attached hydrogens (tertiary/aromatic N) is 2. The van der Waals surface area contributed by atoms with Crippen LogP contribution in [0.25, 0.3) is 0 Å². The highest BCUT2D eigenvalue weighted by molar-refractivity contribution is 5.79. The van der Waals surface area contributed by atoms with Crippen LogP contribution in [0.5, 0.6) is 0 Å². The third-order valence-corrected chi connectivity index (χ3v) is 4.73. The molecule has 1 N–H and O–H groups in total. The molecule has 1 aliphatic heterocycles. The summed E-state index contributed by atoms with van der Waals surface area (Å²) in [5, 5.41) is 1.24. The van der Waals surface area contributed by atoms with Crippen LogP contribution in [0.15, 0.2) is 0 Å². The van der Waals surface area contributed by atoms with Crippen molar-refractivity contribution in [2.24, 2.45) is 17.3 Å². The smallest absolute Gasteiger partial charge is 0.410 e. The molecule has 2 amide bonds. The molecule has 0 saturated carbocycles. The first-order chi connectivity index (χ1) is 12.4. The number of ether oxygens (including phenoxy) is 1. The molecule has 0 radical (unpaired) electrons. The van der Waals surface area contributed by atoms with Gasteiger partial charge in [-0.3, -0.25) is 9.63 Å². The fourth-order valence-electron chi connectivity index (χ4n) is 3.38. The lowest BCUT2D eigenvalue weighted by Gasteiger charge is -2.41. The monoisotopic (exact) mass is 387 g/mol. The van der Waals surface area contributed by atoms with Gasteiger partial charge in [-0.05, 0) is 44.9 Å². The zero-order valence-corrected chi connectivity index (χ0v) is 18.1. The molecule has 27 heavy (non-hydrogen) atoms. The lowest BCUT2D eigenvalue weighted by Crippen LogP contribution is -2.51. The first-order valence-corrected chi connectivity index (χ1v) is 9.48. The van der Waals surface area contributed by atoms with Gasteiger partial charge >= 0.3 is 6.09 Å². The Morgan fingerprint density at radius 3 is 2.37 bits per heavy atom. The van der Waals surface area contributed by atoms with Gasteiger partial charge in [-0.1, -0.05) is 13.8 Å². The standard InChI is InChI=1S/C19H37N3O5/c1-18(2,3)27-17(24)22-10-9-14(11-19(4,5)13-26-20-6)15(12-22)16(23)21(7)25-8/h14-15,20H,9-13H2,1-8H3. The second-order valence-electron chi connectivity index (χ2n) is 8.96. The van der Waals surface area contributed by atoms with Gasteiger partial charge in [0.15, 0.2) is 0 Å². The van der Waals surface area contributed by atoms with E-state index in [2.05, 4.69) is 19.3 Å². The predicted octanol–water partition coefficient (Wildman–Crippen LogP) is 2.45. The molecule has 1 aliphatic rings. The number of amides is 2. The van der Waals surface area contributed by atoms with Gasteiger partial charge < -0.3 is 14.5 Å². The Balaban J connectivity index is 2.92. The van der Waals surface area contributed by atoms with Crippen molar-refractivity contribution >= 4 is 12.0 Å². The van der Waals surface area contributed by atoms with E-state index in [4.69, 9.17) is 14.4 Å². The highest BCUT2D eigenvalue weighted by atomic mass is 16.7. The highest BCUT2D eigenvalue weighted by Crippen LogP contribution is 2.36. The minimum absolute atomic E-state index is 0.105. The molecule has 0 spiro atoms. The van der Waals surface area contributed by atoms with Gasteiger partial charge in [0.05, 0.1) is 19.6 Å². The number of carbonyl (C=O) groups excluding carboxylic acids is 2. The van der Waals surface area contributed by atoms with Crippen molar-refractivity contribution in [2.45, 2.75) is 53.1 Å². The summed E-state index contributed by atoms with van der Waals surface area (Å²) in [6.45, 7) is 11.2. The Morgan fingerprint density at radius 2 is 1.85 bits per heavy atom. The lowest BCUT2D eigenvalue weighted by molar-refractivity contribution is -0.177. The van der Waals surface area contributed by atoms with Crippen LogP contribution in [-0.2, 0) is 19.2 Å². The quantitative estimate of drug-likeness (QED) is 0.676. The SMILES string of the molecule is CNOCC(C)(C)CC1CCN(C(=O)OC(C)(C)C)CC1C(=O)N(C)OC. The van der Waals surface area contributed by atoms with E-state index in [1.165, 1.54) is 12.2 Å². The van der Waals surface area contributed by atoms with E-state index < -0.39 is 5.60 Å². The van der Waals surface area contributed by atoms with Gasteiger partial charge in [-0.25, -0.2) is 15.3 Å². The van der Waals surface area contributed by atoms with Gasteiger partial charge in [0.1, 0.15) is 5.60 Å². The second-order valence-corrected chi connectivity index (χ2v) is 8.96. The van der Waals surface area contributed by atoms with Gasteiger partial charge in [-0.2, -0.15) is 0 Å².